The SMILES string of the molecule is CCOc1ccc(C(=O)N/N=C\c2ccc(OC)c(OC(F)F)c2)cc1. The molecule has 2 aromatic rings. The summed E-state index contributed by atoms with van der Waals surface area (Å²) >= 11 is 0. The number of halogens is 2. The zero-order valence-corrected chi connectivity index (χ0v) is 14.2. The molecule has 8 heteroatoms. The number of hydrogen-bond donors (Lipinski definition) is 1. The highest BCUT2D eigenvalue weighted by atomic mass is 19.3. The number of benzene rings is 2. The van der Waals surface area contributed by atoms with Crippen molar-refractivity contribution in [1.29, 1.82) is 0 Å². The maximum absolute atomic E-state index is 12.4. The van der Waals surface area contributed by atoms with Gasteiger partial charge in [0.1, 0.15) is 5.75 Å². The summed E-state index contributed by atoms with van der Waals surface area (Å²) in [6.07, 6.45) is 1.31. The molecule has 6 nitrogen and oxygen atoms in total. The third kappa shape index (κ3) is 5.44. The molecule has 0 heterocycles. The Labute approximate surface area is 149 Å². The first-order chi connectivity index (χ1) is 12.5. The van der Waals surface area contributed by atoms with E-state index in [9.17, 15) is 13.6 Å². The topological polar surface area (TPSA) is 69.2 Å². The average molecular weight is 364 g/mol. The number of methoxy groups -OCH3 is 1. The van der Waals surface area contributed by atoms with Crippen LogP contribution in [-0.4, -0.2) is 32.4 Å². The average Bonchev–Trinajstić information content (AvgIpc) is 2.62. The van der Waals surface area contributed by atoms with E-state index in [4.69, 9.17) is 9.47 Å². The fraction of sp³-hybridized carbons (Fsp3) is 0.222. The van der Waals surface area contributed by atoms with Crippen LogP contribution in [0.25, 0.3) is 0 Å². The highest BCUT2D eigenvalue weighted by molar-refractivity contribution is 5.95. The zero-order chi connectivity index (χ0) is 18.9. The number of carbonyl (C=O) groups excluding carboxylic acids is 1. The summed E-state index contributed by atoms with van der Waals surface area (Å²) < 4.78 is 39.5. The Hall–Kier alpha value is -3.16. The van der Waals surface area contributed by atoms with Crippen LogP contribution in [0.3, 0.4) is 0 Å². The van der Waals surface area contributed by atoms with E-state index in [1.807, 2.05) is 6.92 Å². The van der Waals surface area contributed by atoms with Crippen LogP contribution in [0, 0.1) is 0 Å². The predicted octanol–water partition coefficient (Wildman–Crippen LogP) is 3.46. The van der Waals surface area contributed by atoms with Gasteiger partial charge in [-0.1, -0.05) is 0 Å². The van der Waals surface area contributed by atoms with Gasteiger partial charge in [0, 0.05) is 5.56 Å². The largest absolute Gasteiger partial charge is 0.494 e. The van der Waals surface area contributed by atoms with Crippen LogP contribution in [0.5, 0.6) is 17.2 Å². The van der Waals surface area contributed by atoms with Crippen molar-refractivity contribution in [1.82, 2.24) is 5.43 Å². The smallest absolute Gasteiger partial charge is 0.387 e. The van der Waals surface area contributed by atoms with Gasteiger partial charge >= 0.3 is 6.61 Å². The second-order valence-electron chi connectivity index (χ2n) is 4.95. The van der Waals surface area contributed by atoms with Crippen molar-refractivity contribution in [3.8, 4) is 17.2 Å². The first-order valence-corrected chi connectivity index (χ1v) is 7.72. The molecule has 2 aromatic carbocycles. The van der Waals surface area contributed by atoms with E-state index in [1.54, 1.807) is 30.3 Å². The minimum absolute atomic E-state index is 0.121. The second-order valence-corrected chi connectivity index (χ2v) is 4.95. The van der Waals surface area contributed by atoms with Gasteiger partial charge < -0.3 is 14.2 Å². The van der Waals surface area contributed by atoms with Crippen LogP contribution >= 0.6 is 0 Å². The van der Waals surface area contributed by atoms with E-state index in [1.165, 1.54) is 25.5 Å². The van der Waals surface area contributed by atoms with Crippen LogP contribution in [0.15, 0.2) is 47.6 Å². The lowest BCUT2D eigenvalue weighted by Gasteiger charge is -2.10. The van der Waals surface area contributed by atoms with Gasteiger partial charge in [-0.15, -0.1) is 0 Å². The van der Waals surface area contributed by atoms with Gasteiger partial charge in [0.15, 0.2) is 11.5 Å². The summed E-state index contributed by atoms with van der Waals surface area (Å²) in [4.78, 5) is 12.0. The van der Waals surface area contributed by atoms with Gasteiger partial charge in [-0.25, -0.2) is 5.43 Å². The minimum atomic E-state index is -2.98. The summed E-state index contributed by atoms with van der Waals surface area (Å²) in [6, 6.07) is 11.0. The van der Waals surface area contributed by atoms with Gasteiger partial charge in [0.05, 0.1) is 19.9 Å². The van der Waals surface area contributed by atoms with Crippen LogP contribution in [0.2, 0.25) is 0 Å². The van der Waals surface area contributed by atoms with Gasteiger partial charge in [-0.2, -0.15) is 13.9 Å². The van der Waals surface area contributed by atoms with Crippen LogP contribution in [0.1, 0.15) is 22.8 Å². The number of carbonyl (C=O) groups is 1. The van der Waals surface area contributed by atoms with Crippen molar-refractivity contribution in [2.75, 3.05) is 13.7 Å². The van der Waals surface area contributed by atoms with Crippen molar-refractivity contribution in [3.05, 3.63) is 53.6 Å². The van der Waals surface area contributed by atoms with E-state index in [-0.39, 0.29) is 11.5 Å². The molecule has 0 bridgehead atoms. The van der Waals surface area contributed by atoms with Gasteiger partial charge in [0.25, 0.3) is 5.91 Å². The maximum atomic E-state index is 12.4. The minimum Gasteiger partial charge on any atom is -0.494 e. The molecule has 2 rings (SSSR count). The molecule has 0 saturated heterocycles. The Morgan fingerprint density at radius 2 is 1.92 bits per heavy atom. The molecular formula is C18H18F2N2O4. The number of hydrogen-bond acceptors (Lipinski definition) is 5. The third-order valence-corrected chi connectivity index (χ3v) is 3.21. The summed E-state index contributed by atoms with van der Waals surface area (Å²) in [7, 11) is 1.35. The molecule has 0 aromatic heterocycles. The molecule has 0 fully saturated rings. The summed E-state index contributed by atoms with van der Waals surface area (Å²) in [6.45, 7) is -0.572. The molecule has 0 unspecified atom stereocenters. The van der Waals surface area contributed by atoms with Crippen molar-refractivity contribution < 1.29 is 27.8 Å². The molecule has 0 aliphatic heterocycles. The summed E-state index contributed by atoms with van der Waals surface area (Å²) in [5, 5.41) is 3.81. The number of hydrazone groups is 1. The fourth-order valence-electron chi connectivity index (χ4n) is 2.06. The van der Waals surface area contributed by atoms with Crippen molar-refractivity contribution >= 4 is 12.1 Å². The molecule has 138 valence electrons. The number of alkyl halides is 2. The number of nitrogens with one attached hydrogen (secondary N) is 1. The number of nitrogens with zero attached hydrogens (tertiary/aromatic N) is 1. The van der Waals surface area contributed by atoms with Gasteiger partial charge in [0.2, 0.25) is 0 Å². The summed E-state index contributed by atoms with van der Waals surface area (Å²) in [5.74, 6) is 0.296. The molecule has 0 saturated carbocycles. The van der Waals surface area contributed by atoms with Gasteiger partial charge in [-0.05, 0) is 55.0 Å². The molecule has 0 spiro atoms. The molecule has 1 amide bonds. The van der Waals surface area contributed by atoms with Crippen molar-refractivity contribution in [2.24, 2.45) is 5.10 Å². The van der Waals surface area contributed by atoms with E-state index >= 15 is 0 Å². The van der Waals surface area contributed by atoms with E-state index in [0.717, 1.165) is 0 Å². The lowest BCUT2D eigenvalue weighted by molar-refractivity contribution is -0.0512. The summed E-state index contributed by atoms with van der Waals surface area (Å²) in [5.41, 5.74) is 3.21. The quantitative estimate of drug-likeness (QED) is 0.575. The van der Waals surface area contributed by atoms with Crippen molar-refractivity contribution in [2.45, 2.75) is 13.5 Å². The zero-order valence-electron chi connectivity index (χ0n) is 14.2. The molecular weight excluding hydrogens is 346 g/mol. The number of ether oxygens (including phenoxy) is 3. The Balaban J connectivity index is 2.01. The lowest BCUT2D eigenvalue weighted by atomic mass is 10.2. The fourth-order valence-corrected chi connectivity index (χ4v) is 2.06. The predicted molar refractivity (Wildman–Crippen MR) is 92.3 cm³/mol. The number of rotatable bonds is 8. The molecule has 26 heavy (non-hydrogen) atoms. The molecule has 0 radical (unpaired) electrons. The Morgan fingerprint density at radius 3 is 2.54 bits per heavy atom. The molecule has 1 N–H and O–H groups in total. The Morgan fingerprint density at radius 1 is 1.19 bits per heavy atom. The van der Waals surface area contributed by atoms with Gasteiger partial charge in [-0.3, -0.25) is 4.79 Å². The second kappa shape index (κ2) is 9.36. The van der Waals surface area contributed by atoms with Crippen LogP contribution < -0.4 is 19.6 Å². The first-order valence-electron chi connectivity index (χ1n) is 7.72. The number of amides is 1. The molecule has 0 atom stereocenters. The lowest BCUT2D eigenvalue weighted by Crippen LogP contribution is -2.17. The first kappa shape index (κ1) is 19.2. The molecule has 0 aliphatic rings. The monoisotopic (exact) mass is 364 g/mol. The Kier molecular flexibility index (Phi) is 6.90. The Bertz CT molecular complexity index is 764. The standard InChI is InChI=1S/C18H18F2N2O4/c1-3-25-14-7-5-13(6-8-14)17(23)22-21-11-12-4-9-15(24-2)16(10-12)26-18(19)20/h4-11,18H,3H2,1-2H3,(H,22,23)/b21-11-. The van der Waals surface area contributed by atoms with Crippen molar-refractivity contribution in [3.63, 3.8) is 0 Å². The van der Waals surface area contributed by atoms with E-state index in [2.05, 4.69) is 15.3 Å². The highest BCUT2D eigenvalue weighted by Crippen LogP contribution is 2.28. The van der Waals surface area contributed by atoms with Crippen LogP contribution in [-0.2, 0) is 0 Å². The third-order valence-electron chi connectivity index (χ3n) is 3.21. The van der Waals surface area contributed by atoms with E-state index < -0.39 is 12.5 Å². The highest BCUT2D eigenvalue weighted by Gasteiger charge is 2.11. The molecule has 0 aliphatic carbocycles. The maximum Gasteiger partial charge on any atom is 0.387 e. The van der Waals surface area contributed by atoms with Crippen LogP contribution in [0.4, 0.5) is 8.78 Å². The normalized spacial score (nSPS) is 10.8. The van der Waals surface area contributed by atoms with E-state index in [0.29, 0.717) is 23.5 Å².